The van der Waals surface area contributed by atoms with Gasteiger partial charge in [0.2, 0.25) is 0 Å². The number of piperidine rings is 1. The van der Waals surface area contributed by atoms with Gasteiger partial charge in [0.05, 0.1) is 11.6 Å². The standard InChI is InChI=1S/C19H24N8/c1-26-18-15(10-24-26)17(21-12-22-18)25-13-6-8-27(9-7-13)19-14-4-2-3-5-16(14)20-11-23-19/h10-13H,2-9H2,1H3,(H,21,22,25). The summed E-state index contributed by atoms with van der Waals surface area (Å²) in [5.41, 5.74) is 3.49. The van der Waals surface area contributed by atoms with Crippen molar-refractivity contribution in [1.29, 1.82) is 0 Å². The number of anilines is 2. The highest BCUT2D eigenvalue weighted by molar-refractivity contribution is 5.86. The second kappa shape index (κ2) is 6.75. The molecule has 0 saturated carbocycles. The summed E-state index contributed by atoms with van der Waals surface area (Å²) >= 11 is 0. The average Bonchev–Trinajstić information content (AvgIpc) is 3.10. The Morgan fingerprint density at radius 1 is 1.00 bits per heavy atom. The summed E-state index contributed by atoms with van der Waals surface area (Å²) in [6, 6.07) is 0.400. The number of nitrogens with zero attached hydrogens (tertiary/aromatic N) is 7. The van der Waals surface area contributed by atoms with E-state index in [2.05, 4.69) is 35.3 Å². The summed E-state index contributed by atoms with van der Waals surface area (Å²) in [7, 11) is 1.90. The van der Waals surface area contributed by atoms with Crippen molar-refractivity contribution in [3.8, 4) is 0 Å². The molecule has 0 amide bonds. The fraction of sp³-hybridized carbons (Fsp3) is 0.526. The van der Waals surface area contributed by atoms with Crippen molar-refractivity contribution < 1.29 is 0 Å². The van der Waals surface area contributed by atoms with Crippen molar-refractivity contribution in [1.82, 2.24) is 29.7 Å². The summed E-state index contributed by atoms with van der Waals surface area (Å²) in [5, 5.41) is 8.88. The smallest absolute Gasteiger partial charge is 0.163 e. The number of rotatable bonds is 3. The van der Waals surface area contributed by atoms with Gasteiger partial charge in [-0.3, -0.25) is 4.68 Å². The molecule has 0 unspecified atom stereocenters. The summed E-state index contributed by atoms with van der Waals surface area (Å²) in [6.45, 7) is 2.00. The SMILES string of the molecule is Cn1ncc2c(NC3CCN(c4ncnc5c4CCCC5)CC3)ncnc21. The van der Waals surface area contributed by atoms with Crippen LogP contribution in [0.4, 0.5) is 11.6 Å². The predicted octanol–water partition coefficient (Wildman–Crippen LogP) is 2.11. The van der Waals surface area contributed by atoms with E-state index in [1.807, 2.05) is 13.2 Å². The molecule has 1 N–H and O–H groups in total. The van der Waals surface area contributed by atoms with Crippen molar-refractivity contribution in [2.24, 2.45) is 7.05 Å². The third kappa shape index (κ3) is 2.98. The van der Waals surface area contributed by atoms with Crippen molar-refractivity contribution in [2.75, 3.05) is 23.3 Å². The Morgan fingerprint density at radius 2 is 1.81 bits per heavy atom. The molecular weight excluding hydrogens is 340 g/mol. The molecule has 27 heavy (non-hydrogen) atoms. The van der Waals surface area contributed by atoms with Gasteiger partial charge in [-0.2, -0.15) is 5.10 Å². The highest BCUT2D eigenvalue weighted by atomic mass is 15.3. The molecule has 0 aromatic carbocycles. The third-order valence-electron chi connectivity index (χ3n) is 5.77. The molecule has 1 aliphatic heterocycles. The molecule has 0 radical (unpaired) electrons. The number of aryl methyl sites for hydroxylation is 2. The largest absolute Gasteiger partial charge is 0.366 e. The van der Waals surface area contributed by atoms with Gasteiger partial charge in [0.1, 0.15) is 24.3 Å². The number of hydrogen-bond acceptors (Lipinski definition) is 7. The molecule has 8 nitrogen and oxygen atoms in total. The number of fused-ring (bicyclic) bond motifs is 2. The van der Waals surface area contributed by atoms with Crippen molar-refractivity contribution in [3.63, 3.8) is 0 Å². The molecule has 4 heterocycles. The molecule has 0 spiro atoms. The van der Waals surface area contributed by atoms with Crippen LogP contribution in [0.3, 0.4) is 0 Å². The van der Waals surface area contributed by atoms with Gasteiger partial charge in [0, 0.05) is 37.4 Å². The first-order valence-electron chi connectivity index (χ1n) is 9.76. The first-order chi connectivity index (χ1) is 13.3. The van der Waals surface area contributed by atoms with E-state index in [4.69, 9.17) is 0 Å². The van der Waals surface area contributed by atoms with Gasteiger partial charge in [-0.15, -0.1) is 0 Å². The number of nitrogens with one attached hydrogen (secondary N) is 1. The van der Waals surface area contributed by atoms with Gasteiger partial charge in [0.15, 0.2) is 5.65 Å². The van der Waals surface area contributed by atoms with E-state index in [0.717, 1.165) is 61.4 Å². The van der Waals surface area contributed by atoms with Crippen LogP contribution in [0.1, 0.15) is 36.9 Å². The highest BCUT2D eigenvalue weighted by Gasteiger charge is 2.25. The number of aromatic nitrogens is 6. The van der Waals surface area contributed by atoms with E-state index in [1.54, 1.807) is 17.3 Å². The first-order valence-corrected chi connectivity index (χ1v) is 9.76. The van der Waals surface area contributed by atoms with Crippen LogP contribution < -0.4 is 10.2 Å². The fourth-order valence-electron chi connectivity index (χ4n) is 4.28. The van der Waals surface area contributed by atoms with Gasteiger partial charge in [-0.05, 0) is 38.5 Å². The van der Waals surface area contributed by atoms with E-state index >= 15 is 0 Å². The Bertz CT molecular complexity index is 957. The molecule has 0 bridgehead atoms. The van der Waals surface area contributed by atoms with Crippen LogP contribution in [0.25, 0.3) is 11.0 Å². The third-order valence-corrected chi connectivity index (χ3v) is 5.77. The molecule has 1 fully saturated rings. The van der Waals surface area contributed by atoms with Gasteiger partial charge < -0.3 is 10.2 Å². The Kier molecular flexibility index (Phi) is 4.10. The summed E-state index contributed by atoms with van der Waals surface area (Å²) in [6.07, 6.45) is 12.0. The zero-order chi connectivity index (χ0) is 18.2. The quantitative estimate of drug-likeness (QED) is 0.762. The van der Waals surface area contributed by atoms with Crippen LogP contribution in [-0.2, 0) is 19.9 Å². The Hall–Kier alpha value is -2.77. The minimum absolute atomic E-state index is 0.400. The maximum Gasteiger partial charge on any atom is 0.163 e. The van der Waals surface area contributed by atoms with E-state index in [9.17, 15) is 0 Å². The van der Waals surface area contributed by atoms with Crippen LogP contribution in [0.15, 0.2) is 18.9 Å². The molecule has 2 aliphatic rings. The molecule has 8 heteroatoms. The lowest BCUT2D eigenvalue weighted by Crippen LogP contribution is -2.40. The zero-order valence-corrected chi connectivity index (χ0v) is 15.6. The molecule has 3 aromatic rings. The van der Waals surface area contributed by atoms with Gasteiger partial charge in [0.25, 0.3) is 0 Å². The monoisotopic (exact) mass is 364 g/mol. The summed E-state index contributed by atoms with van der Waals surface area (Å²) < 4.78 is 1.78. The Labute approximate surface area is 158 Å². The van der Waals surface area contributed by atoms with Crippen molar-refractivity contribution in [2.45, 2.75) is 44.6 Å². The topological polar surface area (TPSA) is 84.7 Å². The minimum Gasteiger partial charge on any atom is -0.366 e. The molecular formula is C19H24N8. The zero-order valence-electron chi connectivity index (χ0n) is 15.6. The van der Waals surface area contributed by atoms with E-state index in [0.29, 0.717) is 6.04 Å². The minimum atomic E-state index is 0.400. The second-order valence-corrected chi connectivity index (χ2v) is 7.46. The summed E-state index contributed by atoms with van der Waals surface area (Å²) in [4.78, 5) is 20.3. The lowest BCUT2D eigenvalue weighted by Gasteiger charge is -2.35. The Morgan fingerprint density at radius 3 is 2.70 bits per heavy atom. The van der Waals surface area contributed by atoms with Crippen LogP contribution in [0.5, 0.6) is 0 Å². The van der Waals surface area contributed by atoms with Crippen LogP contribution >= 0.6 is 0 Å². The van der Waals surface area contributed by atoms with Gasteiger partial charge in [-0.1, -0.05) is 0 Å². The summed E-state index contributed by atoms with van der Waals surface area (Å²) in [5.74, 6) is 2.04. The molecule has 1 saturated heterocycles. The maximum absolute atomic E-state index is 4.63. The predicted molar refractivity (Wildman–Crippen MR) is 104 cm³/mol. The van der Waals surface area contributed by atoms with E-state index in [-0.39, 0.29) is 0 Å². The average molecular weight is 364 g/mol. The Balaban J connectivity index is 1.29. The molecule has 5 rings (SSSR count). The molecule has 1 aliphatic carbocycles. The van der Waals surface area contributed by atoms with Crippen LogP contribution in [-0.4, -0.2) is 48.8 Å². The van der Waals surface area contributed by atoms with Gasteiger partial charge in [-0.25, -0.2) is 19.9 Å². The van der Waals surface area contributed by atoms with Gasteiger partial charge >= 0.3 is 0 Å². The van der Waals surface area contributed by atoms with E-state index < -0.39 is 0 Å². The highest BCUT2D eigenvalue weighted by Crippen LogP contribution is 2.29. The first kappa shape index (κ1) is 16.4. The lowest BCUT2D eigenvalue weighted by atomic mass is 9.95. The maximum atomic E-state index is 4.63. The van der Waals surface area contributed by atoms with Crippen molar-refractivity contribution in [3.05, 3.63) is 30.1 Å². The molecule has 0 atom stereocenters. The van der Waals surface area contributed by atoms with E-state index in [1.165, 1.54) is 24.1 Å². The molecule has 140 valence electrons. The lowest BCUT2D eigenvalue weighted by molar-refractivity contribution is 0.519. The van der Waals surface area contributed by atoms with Crippen LogP contribution in [0, 0.1) is 0 Å². The van der Waals surface area contributed by atoms with Crippen molar-refractivity contribution >= 4 is 22.7 Å². The van der Waals surface area contributed by atoms with Crippen LogP contribution in [0.2, 0.25) is 0 Å². The molecule has 3 aromatic heterocycles. The fourth-order valence-corrected chi connectivity index (χ4v) is 4.28. The second-order valence-electron chi connectivity index (χ2n) is 7.46. The normalized spacial score (nSPS) is 17.9. The number of hydrogen-bond donors (Lipinski definition) is 1.